The summed E-state index contributed by atoms with van der Waals surface area (Å²) in [4.78, 5) is 11.6. The number of hydrogen-bond acceptors (Lipinski definition) is 3. The second-order valence-corrected chi connectivity index (χ2v) is 5.89. The predicted octanol–water partition coefficient (Wildman–Crippen LogP) is 1.43. The number of aliphatic hydroxyl groups is 1. The zero-order chi connectivity index (χ0) is 13.6. The van der Waals surface area contributed by atoms with Gasteiger partial charge in [-0.15, -0.1) is 0 Å². The van der Waals surface area contributed by atoms with E-state index >= 15 is 0 Å². The molecule has 4 nitrogen and oxygen atoms in total. The van der Waals surface area contributed by atoms with Gasteiger partial charge in [-0.1, -0.05) is 26.7 Å². The van der Waals surface area contributed by atoms with Gasteiger partial charge in [-0.2, -0.15) is 0 Å². The van der Waals surface area contributed by atoms with Crippen molar-refractivity contribution < 1.29 is 9.90 Å². The molecule has 1 amide bonds. The van der Waals surface area contributed by atoms with Crippen molar-refractivity contribution in [2.75, 3.05) is 13.1 Å². The molecule has 0 aromatic carbocycles. The molecule has 1 aliphatic carbocycles. The Labute approximate surface area is 111 Å². The molecule has 0 radical (unpaired) electrons. The minimum atomic E-state index is -0.691. The van der Waals surface area contributed by atoms with E-state index in [4.69, 9.17) is 0 Å². The molecule has 0 heterocycles. The molecule has 1 fully saturated rings. The molecule has 4 heteroatoms. The lowest BCUT2D eigenvalue weighted by Crippen LogP contribution is -2.48. The Bertz CT molecular complexity index is 271. The first-order chi connectivity index (χ1) is 8.45. The lowest BCUT2D eigenvalue weighted by molar-refractivity contribution is -0.122. The zero-order valence-electron chi connectivity index (χ0n) is 12.0. The molecule has 0 saturated heterocycles. The molecule has 18 heavy (non-hydrogen) atoms. The monoisotopic (exact) mass is 256 g/mol. The van der Waals surface area contributed by atoms with Crippen molar-refractivity contribution in [3.05, 3.63) is 0 Å². The number of nitrogens with one attached hydrogen (secondary N) is 2. The van der Waals surface area contributed by atoms with E-state index in [1.54, 1.807) is 0 Å². The fraction of sp³-hybridized carbons (Fsp3) is 0.929. The molecule has 1 rings (SSSR count). The van der Waals surface area contributed by atoms with E-state index in [1.165, 1.54) is 6.42 Å². The van der Waals surface area contributed by atoms with Gasteiger partial charge in [0.05, 0.1) is 12.1 Å². The first-order valence-electron chi connectivity index (χ1n) is 7.17. The third kappa shape index (κ3) is 5.36. The Balaban J connectivity index is 2.24. The van der Waals surface area contributed by atoms with Crippen molar-refractivity contribution in [2.45, 2.75) is 64.5 Å². The van der Waals surface area contributed by atoms with Crippen LogP contribution in [0.4, 0.5) is 0 Å². The summed E-state index contributed by atoms with van der Waals surface area (Å²) in [6.45, 7) is 7.03. The van der Waals surface area contributed by atoms with E-state index < -0.39 is 5.60 Å². The van der Waals surface area contributed by atoms with Crippen LogP contribution >= 0.6 is 0 Å². The lowest BCUT2D eigenvalue weighted by atomic mass is 9.79. The minimum absolute atomic E-state index is 0.0260. The van der Waals surface area contributed by atoms with Crippen LogP contribution in [0, 0.1) is 5.92 Å². The van der Waals surface area contributed by atoms with Gasteiger partial charge >= 0.3 is 0 Å². The summed E-state index contributed by atoms with van der Waals surface area (Å²) in [5, 5.41) is 16.4. The number of amides is 1. The van der Waals surface area contributed by atoms with Crippen LogP contribution in [0.3, 0.4) is 0 Å². The second kappa shape index (κ2) is 7.10. The zero-order valence-corrected chi connectivity index (χ0v) is 12.0. The minimum Gasteiger partial charge on any atom is -0.388 e. The molecular weight excluding hydrogens is 228 g/mol. The molecular formula is C14H28N2O2. The van der Waals surface area contributed by atoms with Crippen LogP contribution in [0.2, 0.25) is 0 Å². The van der Waals surface area contributed by atoms with Crippen molar-refractivity contribution in [3.63, 3.8) is 0 Å². The molecule has 0 spiro atoms. The van der Waals surface area contributed by atoms with Gasteiger partial charge in [0.15, 0.2) is 0 Å². The van der Waals surface area contributed by atoms with Gasteiger partial charge in [-0.25, -0.2) is 0 Å². The molecule has 3 atom stereocenters. The number of carbonyl (C=O) groups is 1. The van der Waals surface area contributed by atoms with Gasteiger partial charge in [0, 0.05) is 12.6 Å². The molecule has 0 aromatic heterocycles. The molecule has 106 valence electrons. The summed E-state index contributed by atoms with van der Waals surface area (Å²) in [6.07, 6.45) is 4.85. The quantitative estimate of drug-likeness (QED) is 0.674. The summed E-state index contributed by atoms with van der Waals surface area (Å²) < 4.78 is 0. The van der Waals surface area contributed by atoms with Crippen molar-refractivity contribution in [1.29, 1.82) is 0 Å². The Hall–Kier alpha value is -0.610. The third-order valence-electron chi connectivity index (χ3n) is 3.91. The molecule has 1 saturated carbocycles. The van der Waals surface area contributed by atoms with E-state index in [-0.39, 0.29) is 5.91 Å². The van der Waals surface area contributed by atoms with Crippen LogP contribution in [0.15, 0.2) is 0 Å². The number of hydrogen-bond donors (Lipinski definition) is 3. The molecule has 0 bridgehead atoms. The van der Waals surface area contributed by atoms with Crippen LogP contribution in [-0.2, 0) is 4.79 Å². The van der Waals surface area contributed by atoms with Crippen LogP contribution in [-0.4, -0.2) is 35.7 Å². The highest BCUT2D eigenvalue weighted by molar-refractivity contribution is 5.78. The second-order valence-electron chi connectivity index (χ2n) is 5.89. The number of rotatable bonds is 6. The topological polar surface area (TPSA) is 61.4 Å². The summed E-state index contributed by atoms with van der Waals surface area (Å²) in [7, 11) is 0. The fourth-order valence-electron chi connectivity index (χ4n) is 2.53. The van der Waals surface area contributed by atoms with Gasteiger partial charge in [0.25, 0.3) is 0 Å². The van der Waals surface area contributed by atoms with Crippen LogP contribution in [0.5, 0.6) is 0 Å². The van der Waals surface area contributed by atoms with Crippen LogP contribution in [0.25, 0.3) is 0 Å². The van der Waals surface area contributed by atoms with Crippen molar-refractivity contribution in [1.82, 2.24) is 10.6 Å². The molecule has 3 N–H and O–H groups in total. The summed E-state index contributed by atoms with van der Waals surface area (Å²) in [5.41, 5.74) is -0.691. The van der Waals surface area contributed by atoms with E-state index in [1.807, 2.05) is 0 Å². The highest BCUT2D eigenvalue weighted by atomic mass is 16.3. The Kier molecular flexibility index (Phi) is 6.09. The highest BCUT2D eigenvalue weighted by Gasteiger charge is 2.32. The van der Waals surface area contributed by atoms with E-state index in [0.29, 0.717) is 25.0 Å². The Morgan fingerprint density at radius 1 is 1.56 bits per heavy atom. The van der Waals surface area contributed by atoms with Gasteiger partial charge < -0.3 is 15.7 Å². The summed E-state index contributed by atoms with van der Waals surface area (Å²) in [5.74, 6) is 0.529. The van der Waals surface area contributed by atoms with E-state index in [9.17, 15) is 9.90 Å². The normalized spacial score (nSPS) is 29.9. The summed E-state index contributed by atoms with van der Waals surface area (Å²) in [6, 6.07) is 0.355. The lowest BCUT2D eigenvalue weighted by Gasteiger charge is -2.35. The average Bonchev–Trinajstić information content (AvgIpc) is 2.33. The Morgan fingerprint density at radius 3 is 2.89 bits per heavy atom. The Morgan fingerprint density at radius 2 is 2.28 bits per heavy atom. The van der Waals surface area contributed by atoms with Gasteiger partial charge in [-0.05, 0) is 32.1 Å². The van der Waals surface area contributed by atoms with Gasteiger partial charge in [0.2, 0.25) is 5.91 Å². The number of carbonyl (C=O) groups excluding carboxylic acids is 1. The molecule has 1 aliphatic rings. The molecule has 0 aromatic rings. The highest BCUT2D eigenvalue weighted by Crippen LogP contribution is 2.31. The average molecular weight is 256 g/mol. The molecule has 0 aliphatic heterocycles. The molecule has 3 unspecified atom stereocenters. The van der Waals surface area contributed by atoms with Crippen LogP contribution in [0.1, 0.15) is 52.9 Å². The third-order valence-corrected chi connectivity index (χ3v) is 3.91. The largest absolute Gasteiger partial charge is 0.388 e. The first-order valence-corrected chi connectivity index (χ1v) is 7.17. The maximum atomic E-state index is 11.6. The summed E-state index contributed by atoms with van der Waals surface area (Å²) >= 11 is 0. The van der Waals surface area contributed by atoms with Gasteiger partial charge in [0.1, 0.15) is 0 Å². The smallest absolute Gasteiger partial charge is 0.234 e. The maximum Gasteiger partial charge on any atom is 0.234 e. The van der Waals surface area contributed by atoms with Crippen molar-refractivity contribution >= 4 is 5.91 Å². The van der Waals surface area contributed by atoms with Crippen LogP contribution < -0.4 is 10.6 Å². The van der Waals surface area contributed by atoms with E-state index in [0.717, 1.165) is 25.7 Å². The van der Waals surface area contributed by atoms with Crippen molar-refractivity contribution in [2.24, 2.45) is 5.92 Å². The predicted molar refractivity (Wildman–Crippen MR) is 73.3 cm³/mol. The standard InChI is InChI=1S/C14H28N2O2/c1-4-12(3)15-9-13(17)16-10-14(18)7-5-6-11(2)8-14/h11-12,15,18H,4-10H2,1-3H3,(H,16,17). The fourth-order valence-corrected chi connectivity index (χ4v) is 2.53. The van der Waals surface area contributed by atoms with Gasteiger partial charge in [-0.3, -0.25) is 4.79 Å². The van der Waals surface area contributed by atoms with E-state index in [2.05, 4.69) is 31.4 Å². The first kappa shape index (κ1) is 15.4. The SMILES string of the molecule is CCC(C)NCC(=O)NCC1(O)CCCC(C)C1. The maximum absolute atomic E-state index is 11.6. The van der Waals surface area contributed by atoms with Crippen molar-refractivity contribution in [3.8, 4) is 0 Å².